The van der Waals surface area contributed by atoms with Crippen LogP contribution in [0.1, 0.15) is 19.8 Å². The van der Waals surface area contributed by atoms with Crippen molar-refractivity contribution < 1.29 is 32.1 Å². The topological polar surface area (TPSA) is 129 Å². The highest BCUT2D eigenvalue weighted by Crippen LogP contribution is 2.42. The molecule has 2 saturated heterocycles. The molecule has 0 aromatic heterocycles. The summed E-state index contributed by atoms with van der Waals surface area (Å²) in [6, 6.07) is 7.28. The third-order valence-corrected chi connectivity index (χ3v) is 9.55. The molecular weight excluding hydrogens is 432 g/mol. The van der Waals surface area contributed by atoms with Crippen LogP contribution in [0.2, 0.25) is 0 Å². The molecule has 3 heterocycles. The predicted octanol–water partition coefficient (Wildman–Crippen LogP) is 0.255. The van der Waals surface area contributed by atoms with Gasteiger partial charge in [0.2, 0.25) is 5.91 Å². The number of anilines is 1. The van der Waals surface area contributed by atoms with E-state index in [1.807, 2.05) is 0 Å². The summed E-state index contributed by atoms with van der Waals surface area (Å²) in [5.41, 5.74) is 0.0494. The second-order valence-electron chi connectivity index (χ2n) is 7.47. The maximum Gasteiger partial charge on any atom is 0.352 e. The maximum absolute atomic E-state index is 13.1. The molecule has 1 aromatic carbocycles. The second kappa shape index (κ2) is 7.31. The first-order valence-corrected chi connectivity index (χ1v) is 12.5. The van der Waals surface area contributed by atoms with Crippen LogP contribution >= 0.6 is 0 Å². The molecule has 9 nitrogen and oxygen atoms in total. The number of carboxylic acids is 1. The van der Waals surface area contributed by atoms with Gasteiger partial charge in [-0.15, -0.1) is 0 Å². The Hall–Kier alpha value is -2.53. The van der Waals surface area contributed by atoms with E-state index in [0.29, 0.717) is 12.1 Å². The molecule has 0 bridgehead atoms. The standard InChI is InChI=1S/C19H20N2O7S2/c1-11(22)20(12-6-3-2-4-7-12)16-17(23)21-15(19(24)25)13(10-29(26)18(16)21)14-8-5-9-30(14,27)28/h2-4,6-7,14,16,18H,5,8-10H2,1H3,(H,24,25)/t14?,16-,18-,29?/m1/s1. The number of nitrogens with zero attached hydrogens (tertiary/aromatic N) is 2. The SMILES string of the molecule is CC(=O)N(c1ccccc1)[C@@H]1C(=O)N2C(C(=O)O)=C(C3CCCS3(=O)=O)CS(=O)[C@H]12. The summed E-state index contributed by atoms with van der Waals surface area (Å²) >= 11 is 0. The lowest BCUT2D eigenvalue weighted by atomic mass is 9.98. The molecule has 4 atom stereocenters. The van der Waals surface area contributed by atoms with Gasteiger partial charge in [-0.3, -0.25) is 23.6 Å². The van der Waals surface area contributed by atoms with Crippen LogP contribution in [0, 0.1) is 0 Å². The Morgan fingerprint density at radius 1 is 1.23 bits per heavy atom. The molecule has 1 aromatic rings. The first kappa shape index (κ1) is 20.7. The normalized spacial score (nSPS) is 29.9. The van der Waals surface area contributed by atoms with Crippen molar-refractivity contribution in [3.8, 4) is 0 Å². The van der Waals surface area contributed by atoms with Crippen molar-refractivity contribution in [3.05, 3.63) is 41.6 Å². The molecule has 1 N–H and O–H groups in total. The quantitative estimate of drug-likeness (QED) is 0.649. The second-order valence-corrected chi connectivity index (χ2v) is 11.3. The van der Waals surface area contributed by atoms with Crippen molar-refractivity contribution in [2.24, 2.45) is 0 Å². The summed E-state index contributed by atoms with van der Waals surface area (Å²) in [6.07, 6.45) is 0.632. The first-order valence-electron chi connectivity index (χ1n) is 9.38. The van der Waals surface area contributed by atoms with Crippen LogP contribution < -0.4 is 4.90 Å². The van der Waals surface area contributed by atoms with Crippen LogP contribution in [-0.4, -0.2) is 68.6 Å². The van der Waals surface area contributed by atoms with Crippen LogP contribution in [0.3, 0.4) is 0 Å². The van der Waals surface area contributed by atoms with Crippen molar-refractivity contribution in [1.82, 2.24) is 4.90 Å². The Morgan fingerprint density at radius 3 is 2.43 bits per heavy atom. The summed E-state index contributed by atoms with van der Waals surface area (Å²) in [5.74, 6) is -2.88. The number of carbonyl (C=O) groups excluding carboxylic acids is 2. The molecule has 11 heteroatoms. The van der Waals surface area contributed by atoms with Crippen LogP contribution in [-0.2, 0) is 35.0 Å². The van der Waals surface area contributed by atoms with Gasteiger partial charge in [-0.2, -0.15) is 0 Å². The first-order chi connectivity index (χ1) is 14.1. The Bertz CT molecular complexity index is 1100. The third-order valence-electron chi connectivity index (χ3n) is 5.70. The van der Waals surface area contributed by atoms with E-state index in [0.717, 1.165) is 4.90 Å². The molecule has 0 saturated carbocycles. The lowest BCUT2D eigenvalue weighted by Gasteiger charge is -2.52. The lowest BCUT2D eigenvalue weighted by molar-refractivity contribution is -0.149. The number of benzene rings is 1. The summed E-state index contributed by atoms with van der Waals surface area (Å²) < 4.78 is 37.8. The van der Waals surface area contributed by atoms with Gasteiger partial charge in [-0.25, -0.2) is 13.2 Å². The van der Waals surface area contributed by atoms with Crippen LogP contribution in [0.4, 0.5) is 5.69 Å². The predicted molar refractivity (Wildman–Crippen MR) is 109 cm³/mol. The molecule has 2 amide bonds. The summed E-state index contributed by atoms with van der Waals surface area (Å²) in [4.78, 5) is 39.5. The van der Waals surface area contributed by atoms with E-state index < -0.39 is 60.8 Å². The van der Waals surface area contributed by atoms with Gasteiger partial charge in [-0.05, 0) is 30.5 Å². The number of para-hydroxylation sites is 1. The van der Waals surface area contributed by atoms with Crippen molar-refractivity contribution >= 4 is 44.1 Å². The van der Waals surface area contributed by atoms with Gasteiger partial charge in [0.1, 0.15) is 17.1 Å². The number of rotatable bonds is 4. The molecule has 2 unspecified atom stereocenters. The number of carboxylic acid groups (broad SMARTS) is 1. The van der Waals surface area contributed by atoms with Gasteiger partial charge in [0.05, 0.1) is 27.6 Å². The average Bonchev–Trinajstić information content (AvgIpc) is 3.04. The van der Waals surface area contributed by atoms with Crippen molar-refractivity contribution in [2.45, 2.75) is 36.4 Å². The molecule has 30 heavy (non-hydrogen) atoms. The highest BCUT2D eigenvalue weighted by molar-refractivity contribution is 7.92. The minimum Gasteiger partial charge on any atom is -0.477 e. The van der Waals surface area contributed by atoms with Crippen molar-refractivity contribution in [2.75, 3.05) is 16.4 Å². The van der Waals surface area contributed by atoms with Crippen molar-refractivity contribution in [1.29, 1.82) is 0 Å². The zero-order valence-corrected chi connectivity index (χ0v) is 17.7. The molecule has 2 fully saturated rings. The lowest BCUT2D eigenvalue weighted by Crippen LogP contribution is -2.74. The number of carbonyl (C=O) groups is 3. The van der Waals surface area contributed by atoms with Crippen LogP contribution in [0.25, 0.3) is 0 Å². The minimum absolute atomic E-state index is 0.0236. The minimum atomic E-state index is -3.56. The third kappa shape index (κ3) is 3.07. The van der Waals surface area contributed by atoms with Gasteiger partial charge in [-0.1, -0.05) is 18.2 Å². The number of sulfone groups is 1. The number of fused-ring (bicyclic) bond motifs is 1. The molecule has 4 rings (SSSR count). The number of β-lactam (4-membered cyclic amide) rings is 1. The Kier molecular flexibility index (Phi) is 5.05. The summed E-state index contributed by atoms with van der Waals surface area (Å²) in [6.45, 7) is 1.28. The number of hydrogen-bond donors (Lipinski definition) is 1. The fourth-order valence-electron chi connectivity index (χ4n) is 4.44. The maximum atomic E-state index is 13.1. The fourth-order valence-corrected chi connectivity index (χ4v) is 8.34. The van der Waals surface area contributed by atoms with Crippen LogP contribution in [0.5, 0.6) is 0 Å². The largest absolute Gasteiger partial charge is 0.477 e. The fraction of sp³-hybridized carbons (Fsp3) is 0.421. The number of aliphatic carboxylic acids is 1. The molecule has 0 aliphatic carbocycles. The van der Waals surface area contributed by atoms with E-state index in [4.69, 9.17) is 0 Å². The average molecular weight is 453 g/mol. The number of amides is 2. The zero-order chi connectivity index (χ0) is 21.8. The Morgan fingerprint density at radius 2 is 1.90 bits per heavy atom. The van der Waals surface area contributed by atoms with E-state index >= 15 is 0 Å². The molecule has 0 radical (unpaired) electrons. The van der Waals surface area contributed by atoms with Gasteiger partial charge in [0.25, 0.3) is 5.91 Å². The Labute approximate surface area is 175 Å². The molecular formula is C19H20N2O7S2. The highest BCUT2D eigenvalue weighted by Gasteiger charge is 2.60. The molecule has 3 aliphatic rings. The smallest absolute Gasteiger partial charge is 0.352 e. The van der Waals surface area contributed by atoms with E-state index in [-0.39, 0.29) is 23.5 Å². The van der Waals surface area contributed by atoms with Crippen LogP contribution in [0.15, 0.2) is 41.6 Å². The zero-order valence-electron chi connectivity index (χ0n) is 16.1. The molecule has 160 valence electrons. The van der Waals surface area contributed by atoms with Gasteiger partial charge >= 0.3 is 5.97 Å². The summed E-state index contributed by atoms with van der Waals surface area (Å²) in [7, 11) is -5.32. The Balaban J connectivity index is 1.78. The highest BCUT2D eigenvalue weighted by atomic mass is 32.2. The number of hydrogen-bond acceptors (Lipinski definition) is 6. The van der Waals surface area contributed by atoms with Crippen molar-refractivity contribution in [3.63, 3.8) is 0 Å². The molecule has 0 spiro atoms. The van der Waals surface area contributed by atoms with E-state index in [2.05, 4.69) is 0 Å². The van der Waals surface area contributed by atoms with E-state index in [9.17, 15) is 32.1 Å². The monoisotopic (exact) mass is 452 g/mol. The van der Waals surface area contributed by atoms with E-state index in [1.165, 1.54) is 11.8 Å². The van der Waals surface area contributed by atoms with E-state index in [1.54, 1.807) is 30.3 Å². The summed E-state index contributed by atoms with van der Waals surface area (Å²) in [5, 5.41) is 7.71. The van der Waals surface area contributed by atoms with Gasteiger partial charge < -0.3 is 5.11 Å². The van der Waals surface area contributed by atoms with Gasteiger partial charge in [0, 0.05) is 12.6 Å². The molecule has 3 aliphatic heterocycles. The van der Waals surface area contributed by atoms with Gasteiger partial charge in [0.15, 0.2) is 9.84 Å².